The highest BCUT2D eigenvalue weighted by molar-refractivity contribution is 6.04. The molecule has 0 radical (unpaired) electrons. The second-order valence-corrected chi connectivity index (χ2v) is 12.2. The zero-order valence-corrected chi connectivity index (χ0v) is 25.9. The number of rotatable bonds is 3. The molecule has 12 heteroatoms. The number of anilines is 5. The molecule has 9 heterocycles. The Hall–Kier alpha value is -5.65. The lowest BCUT2D eigenvalue weighted by Crippen LogP contribution is -2.56. The van der Waals surface area contributed by atoms with Crippen molar-refractivity contribution in [3.63, 3.8) is 0 Å². The van der Waals surface area contributed by atoms with E-state index in [0.29, 0.717) is 17.7 Å². The van der Waals surface area contributed by atoms with E-state index in [1.807, 2.05) is 36.5 Å². The molecular weight excluding hydrogens is 590 g/mol. The number of hydrogen-bond acceptors (Lipinski definition) is 10. The highest BCUT2D eigenvalue weighted by Crippen LogP contribution is 2.39. The lowest BCUT2D eigenvalue weighted by atomic mass is 9.99. The van der Waals surface area contributed by atoms with Gasteiger partial charge in [0.25, 0.3) is 0 Å². The average Bonchev–Trinajstić information content (AvgIpc) is 3.13. The van der Waals surface area contributed by atoms with E-state index in [-0.39, 0.29) is 12.1 Å². The zero-order chi connectivity index (χ0) is 31.6. The first kappa shape index (κ1) is 28.8. The molecule has 2 N–H and O–H groups in total. The van der Waals surface area contributed by atoms with E-state index in [2.05, 4.69) is 58.8 Å². The largest absolute Gasteiger partial charge is 0.366 e. The molecule has 0 unspecified atom stereocenters. The van der Waals surface area contributed by atoms with Gasteiger partial charge in [0.2, 0.25) is 0 Å². The van der Waals surface area contributed by atoms with Gasteiger partial charge < -0.3 is 15.1 Å². The molecule has 5 aromatic rings. The van der Waals surface area contributed by atoms with Gasteiger partial charge in [0.1, 0.15) is 0 Å². The number of hydrogen-bond donors (Lipinski definition) is 2. The smallest absolute Gasteiger partial charge is 0.329 e. The van der Waals surface area contributed by atoms with Crippen LogP contribution < -0.4 is 25.3 Å². The molecule has 9 rings (SSSR count). The standard InChI is InChI=1S/C20H19N7O.C15H16N4/c28-20(24-18-6-2-10-22-25-18)27-15-5-3-11-26(13-15)17-8-7-16(23-19(17)27)14-4-1-9-21-12-14;1-3-11(9-16-7-1)13-5-6-14-15(18-13)17-12-4-2-8-19(14)10-12/h1-2,4,6-10,12,15H,3,5,11,13H2,(H,24,25,28);1,3,5-7,9,12H,2,4,8,10H2,(H,17,18)/t15-;12-/m00/s1. The quantitative estimate of drug-likeness (QED) is 0.266. The van der Waals surface area contributed by atoms with Crippen LogP contribution in [0.1, 0.15) is 25.7 Å². The van der Waals surface area contributed by atoms with Gasteiger partial charge in [-0.2, -0.15) is 5.10 Å². The molecule has 2 fully saturated rings. The molecule has 2 amide bonds. The normalized spacial score (nSPS) is 18.9. The van der Waals surface area contributed by atoms with Crippen LogP contribution in [0.3, 0.4) is 0 Å². The van der Waals surface area contributed by atoms with Crippen LogP contribution in [0.4, 0.5) is 33.6 Å². The van der Waals surface area contributed by atoms with Gasteiger partial charge in [-0.25, -0.2) is 14.8 Å². The van der Waals surface area contributed by atoms with Crippen molar-refractivity contribution in [1.82, 2.24) is 30.1 Å². The fourth-order valence-electron chi connectivity index (χ4n) is 6.89. The Morgan fingerprint density at radius 1 is 0.766 bits per heavy atom. The molecular formula is C35H35N11O. The second kappa shape index (κ2) is 12.6. The molecule has 4 aliphatic rings. The topological polar surface area (TPSA) is 128 Å². The minimum absolute atomic E-state index is 0.0783. The second-order valence-electron chi connectivity index (χ2n) is 12.2. The summed E-state index contributed by atoms with van der Waals surface area (Å²) in [6, 6.07) is 20.0. The Bertz CT molecular complexity index is 1860. The number of nitrogens with zero attached hydrogens (tertiary/aromatic N) is 9. The van der Waals surface area contributed by atoms with E-state index in [4.69, 9.17) is 9.97 Å². The number of fused-ring (bicyclic) bond motifs is 8. The molecule has 0 saturated carbocycles. The maximum Gasteiger partial charge on any atom is 0.329 e. The van der Waals surface area contributed by atoms with Crippen molar-refractivity contribution in [2.75, 3.05) is 51.5 Å². The summed E-state index contributed by atoms with van der Waals surface area (Å²) in [5.41, 5.74) is 6.00. The van der Waals surface area contributed by atoms with Crippen molar-refractivity contribution in [3.05, 3.63) is 91.6 Å². The molecule has 0 spiro atoms. The number of piperidine rings is 2. The van der Waals surface area contributed by atoms with Crippen LogP contribution in [0, 0.1) is 0 Å². The Morgan fingerprint density at radius 2 is 1.47 bits per heavy atom. The van der Waals surface area contributed by atoms with Crippen molar-refractivity contribution < 1.29 is 4.79 Å². The van der Waals surface area contributed by atoms with Gasteiger partial charge >= 0.3 is 6.03 Å². The predicted molar refractivity (Wildman–Crippen MR) is 183 cm³/mol. The summed E-state index contributed by atoms with van der Waals surface area (Å²) in [5.74, 6) is 2.13. The summed E-state index contributed by atoms with van der Waals surface area (Å²) in [4.78, 5) is 37.7. The summed E-state index contributed by atoms with van der Waals surface area (Å²) >= 11 is 0. The highest BCUT2D eigenvalue weighted by Gasteiger charge is 2.38. The molecule has 4 aliphatic heterocycles. The van der Waals surface area contributed by atoms with Gasteiger partial charge in [0, 0.05) is 74.3 Å². The summed E-state index contributed by atoms with van der Waals surface area (Å²) in [6.07, 6.45) is 13.2. The molecule has 0 aromatic carbocycles. The highest BCUT2D eigenvalue weighted by atomic mass is 16.2. The molecule has 4 bridgehead atoms. The van der Waals surface area contributed by atoms with Gasteiger partial charge in [0.05, 0.1) is 28.8 Å². The van der Waals surface area contributed by atoms with Crippen molar-refractivity contribution in [3.8, 4) is 22.5 Å². The monoisotopic (exact) mass is 625 g/mol. The number of nitrogens with one attached hydrogen (secondary N) is 2. The molecule has 5 aromatic heterocycles. The van der Waals surface area contributed by atoms with Crippen LogP contribution in [-0.4, -0.2) is 74.4 Å². The molecule has 2 saturated heterocycles. The number of urea groups is 1. The Kier molecular flexibility index (Phi) is 7.74. The predicted octanol–water partition coefficient (Wildman–Crippen LogP) is 5.49. The Balaban J connectivity index is 0.000000148. The van der Waals surface area contributed by atoms with Gasteiger partial charge in [-0.1, -0.05) is 0 Å². The summed E-state index contributed by atoms with van der Waals surface area (Å²) in [6.45, 7) is 4.06. The van der Waals surface area contributed by atoms with E-state index in [9.17, 15) is 4.79 Å². The van der Waals surface area contributed by atoms with E-state index in [0.717, 1.165) is 73.0 Å². The fourth-order valence-corrected chi connectivity index (χ4v) is 6.89. The van der Waals surface area contributed by atoms with Crippen LogP contribution >= 0.6 is 0 Å². The SMILES string of the molecule is O=C(Nc1cccnn1)N1c2nc(-c3cccnc3)ccc2N2CCC[C@H]1C2.c1cncc(-c2ccc3c(n2)N[C@H]2CCCN3C2)c1. The first-order valence-corrected chi connectivity index (χ1v) is 16.2. The van der Waals surface area contributed by atoms with Crippen LogP contribution in [0.25, 0.3) is 22.5 Å². The van der Waals surface area contributed by atoms with E-state index in [1.54, 1.807) is 41.8 Å². The third-order valence-corrected chi connectivity index (χ3v) is 9.10. The van der Waals surface area contributed by atoms with Crippen LogP contribution in [0.2, 0.25) is 0 Å². The molecule has 12 nitrogen and oxygen atoms in total. The molecule has 236 valence electrons. The lowest BCUT2D eigenvalue weighted by Gasteiger charge is -2.45. The number of carbonyl (C=O) groups is 1. The number of aromatic nitrogens is 6. The summed E-state index contributed by atoms with van der Waals surface area (Å²) in [7, 11) is 0. The van der Waals surface area contributed by atoms with E-state index >= 15 is 0 Å². The number of pyridine rings is 4. The molecule has 0 aliphatic carbocycles. The van der Waals surface area contributed by atoms with Crippen molar-refractivity contribution >= 4 is 34.9 Å². The Labute approximate surface area is 272 Å². The number of amides is 2. The summed E-state index contributed by atoms with van der Waals surface area (Å²) < 4.78 is 0. The Morgan fingerprint density at radius 3 is 2.19 bits per heavy atom. The lowest BCUT2D eigenvalue weighted by molar-refractivity contribution is 0.252. The third-order valence-electron chi connectivity index (χ3n) is 9.10. The molecule has 47 heavy (non-hydrogen) atoms. The first-order chi connectivity index (χ1) is 23.2. The van der Waals surface area contributed by atoms with E-state index in [1.165, 1.54) is 18.5 Å². The van der Waals surface area contributed by atoms with Gasteiger partial charge in [-0.05, 0) is 86.3 Å². The van der Waals surface area contributed by atoms with Crippen molar-refractivity contribution in [2.24, 2.45) is 0 Å². The zero-order valence-electron chi connectivity index (χ0n) is 25.9. The first-order valence-electron chi connectivity index (χ1n) is 16.2. The van der Waals surface area contributed by atoms with Gasteiger partial charge in [-0.15, -0.1) is 5.10 Å². The van der Waals surface area contributed by atoms with E-state index < -0.39 is 0 Å². The number of carbonyl (C=O) groups excluding carboxylic acids is 1. The maximum atomic E-state index is 13.2. The van der Waals surface area contributed by atoms with Crippen LogP contribution in [0.5, 0.6) is 0 Å². The minimum Gasteiger partial charge on any atom is -0.366 e. The van der Waals surface area contributed by atoms with Crippen molar-refractivity contribution in [2.45, 2.75) is 37.8 Å². The third kappa shape index (κ3) is 5.89. The fraction of sp³-hybridized carbons (Fsp3) is 0.286. The van der Waals surface area contributed by atoms with Gasteiger partial charge in [-0.3, -0.25) is 20.2 Å². The van der Waals surface area contributed by atoms with Crippen molar-refractivity contribution in [1.29, 1.82) is 0 Å². The average molecular weight is 626 g/mol. The van der Waals surface area contributed by atoms with Crippen LogP contribution in [-0.2, 0) is 0 Å². The summed E-state index contributed by atoms with van der Waals surface area (Å²) in [5, 5.41) is 14.2. The van der Waals surface area contributed by atoms with Gasteiger partial charge in [0.15, 0.2) is 17.5 Å². The van der Waals surface area contributed by atoms with Crippen LogP contribution in [0.15, 0.2) is 91.6 Å². The maximum absolute atomic E-state index is 13.2. The molecule has 2 atom stereocenters. The minimum atomic E-state index is -0.232.